The van der Waals surface area contributed by atoms with E-state index in [1.807, 2.05) is 0 Å². The number of aryl methyl sites for hydroxylation is 1. The number of hydrogen-bond donors (Lipinski definition) is 7. The van der Waals surface area contributed by atoms with Gasteiger partial charge in [-0.25, -0.2) is 9.69 Å². The molecule has 48 heavy (non-hydrogen) atoms. The Hall–Kier alpha value is -5.65. The highest BCUT2D eigenvalue weighted by molar-refractivity contribution is 6.20. The minimum absolute atomic E-state index is 0.0202. The van der Waals surface area contributed by atoms with Crippen molar-refractivity contribution in [3.63, 3.8) is 0 Å². The average molecular weight is 676 g/mol. The molecular weight excluding hydrogens is 638 g/mol. The van der Waals surface area contributed by atoms with E-state index in [-0.39, 0.29) is 21.4 Å². The molecule has 0 radical (unpaired) electrons. The highest BCUT2D eigenvalue weighted by atomic mass is 16.4. The van der Waals surface area contributed by atoms with E-state index >= 15 is 0 Å². The van der Waals surface area contributed by atoms with Crippen LogP contribution in [-0.4, -0.2) is 86.9 Å². The maximum absolute atomic E-state index is 14.3. The standard InChI is InChI=1S/C30H37N5O13/c1-13(2)24(31)27(44)34-19(12-23(41)42)29(46)35(25-14(3)16-7-5-6-8-20(16)48-30(25)47)28(45)17(9-10-21(37)38)33-26(43)18(11-22(39)40)32-15(4)36/h5-8,13,17-19,24H,9-12,31H2,1-4H3,(H,32,36)(H,33,43)(H,34,44)(H,37,38)(H,39,40)(H,41,42)/t17-,18-,19-,24-/m0/s1. The van der Waals surface area contributed by atoms with Gasteiger partial charge in [-0.15, -0.1) is 0 Å². The average Bonchev–Trinajstić information content (AvgIpc) is 2.98. The summed E-state index contributed by atoms with van der Waals surface area (Å²) in [6, 6.07) is -1.00. The number of imide groups is 1. The smallest absolute Gasteiger partial charge is 0.361 e. The number of nitrogens with zero attached hydrogens (tertiary/aromatic N) is 1. The first-order valence-corrected chi connectivity index (χ1v) is 14.5. The summed E-state index contributed by atoms with van der Waals surface area (Å²) in [5, 5.41) is 34.8. The van der Waals surface area contributed by atoms with Crippen LogP contribution in [0.4, 0.5) is 5.69 Å². The molecule has 0 bridgehead atoms. The van der Waals surface area contributed by atoms with E-state index in [1.165, 1.54) is 25.1 Å². The van der Waals surface area contributed by atoms with Crippen LogP contribution in [0, 0.1) is 12.8 Å². The van der Waals surface area contributed by atoms with Gasteiger partial charge in [0, 0.05) is 18.7 Å². The Bertz CT molecular complexity index is 1650. The molecule has 5 amide bonds. The third-order valence-electron chi connectivity index (χ3n) is 7.06. The quantitative estimate of drug-likeness (QED) is 0.108. The third kappa shape index (κ3) is 10.2. The number of para-hydroxylation sites is 1. The molecule has 0 spiro atoms. The second-order valence-corrected chi connectivity index (χ2v) is 11.1. The molecule has 0 aliphatic heterocycles. The minimum Gasteiger partial charge on any atom is -0.481 e. The lowest BCUT2D eigenvalue weighted by Crippen LogP contribution is -2.60. The van der Waals surface area contributed by atoms with Crippen molar-refractivity contribution in [1.29, 1.82) is 0 Å². The summed E-state index contributed by atoms with van der Waals surface area (Å²) in [6.45, 7) is 5.48. The predicted octanol–water partition coefficient (Wildman–Crippen LogP) is -0.767. The van der Waals surface area contributed by atoms with Gasteiger partial charge in [-0.05, 0) is 30.9 Å². The maximum atomic E-state index is 14.3. The Labute approximate surface area is 272 Å². The molecule has 0 saturated heterocycles. The molecule has 2 rings (SSSR count). The van der Waals surface area contributed by atoms with Crippen molar-refractivity contribution in [2.24, 2.45) is 11.7 Å². The van der Waals surface area contributed by atoms with E-state index in [9.17, 15) is 58.5 Å². The Morgan fingerprint density at radius 1 is 0.812 bits per heavy atom. The number of fused-ring (bicyclic) bond motifs is 1. The summed E-state index contributed by atoms with van der Waals surface area (Å²) < 4.78 is 5.33. The zero-order valence-corrected chi connectivity index (χ0v) is 26.5. The molecule has 0 unspecified atom stereocenters. The summed E-state index contributed by atoms with van der Waals surface area (Å²) in [4.78, 5) is 114. The van der Waals surface area contributed by atoms with Crippen LogP contribution in [0.25, 0.3) is 11.0 Å². The summed E-state index contributed by atoms with van der Waals surface area (Å²) in [5.74, 6) is -11.1. The molecule has 8 N–H and O–H groups in total. The van der Waals surface area contributed by atoms with Crippen LogP contribution in [-0.2, 0) is 38.4 Å². The van der Waals surface area contributed by atoms with Gasteiger partial charge < -0.3 is 41.4 Å². The van der Waals surface area contributed by atoms with Crippen LogP contribution < -0.4 is 32.2 Å². The maximum Gasteiger partial charge on any atom is 0.361 e. The molecule has 1 heterocycles. The zero-order valence-electron chi connectivity index (χ0n) is 26.5. The molecule has 2 aromatic rings. The minimum atomic E-state index is -2.02. The number of benzene rings is 1. The molecule has 260 valence electrons. The first-order chi connectivity index (χ1) is 22.3. The van der Waals surface area contributed by atoms with E-state index in [2.05, 4.69) is 16.0 Å². The fourth-order valence-electron chi connectivity index (χ4n) is 4.57. The summed E-state index contributed by atoms with van der Waals surface area (Å²) in [5.41, 5.74) is 3.90. The Kier molecular flexibility index (Phi) is 13.5. The van der Waals surface area contributed by atoms with E-state index in [4.69, 9.17) is 10.2 Å². The summed E-state index contributed by atoms with van der Waals surface area (Å²) >= 11 is 0. The van der Waals surface area contributed by atoms with Crippen LogP contribution in [0.1, 0.15) is 52.0 Å². The first kappa shape index (κ1) is 38.5. The van der Waals surface area contributed by atoms with Crippen molar-refractivity contribution < 1.29 is 58.1 Å². The largest absolute Gasteiger partial charge is 0.481 e. The number of rotatable bonds is 16. The monoisotopic (exact) mass is 675 g/mol. The molecule has 0 fully saturated rings. The number of carboxylic acids is 3. The van der Waals surface area contributed by atoms with Crippen molar-refractivity contribution >= 4 is 64.1 Å². The van der Waals surface area contributed by atoms with Crippen LogP contribution >= 0.6 is 0 Å². The lowest BCUT2D eigenvalue weighted by molar-refractivity contribution is -0.142. The lowest BCUT2D eigenvalue weighted by atomic mass is 10.0. The molecule has 1 aromatic carbocycles. The van der Waals surface area contributed by atoms with E-state index in [0.717, 1.165) is 6.92 Å². The SMILES string of the molecule is CC(=O)N[C@@H](CC(=O)O)C(=O)N[C@@H](CCC(=O)O)C(=O)N(C(=O)[C@H](CC(=O)O)NC(=O)[C@@H](N)C(C)C)c1c(C)c2ccccc2oc1=O. The Morgan fingerprint density at radius 2 is 1.35 bits per heavy atom. The molecular formula is C30H37N5O13. The Morgan fingerprint density at radius 3 is 1.90 bits per heavy atom. The van der Waals surface area contributed by atoms with Gasteiger partial charge in [0.2, 0.25) is 17.7 Å². The van der Waals surface area contributed by atoms with E-state index in [1.54, 1.807) is 19.9 Å². The Balaban J connectivity index is 2.82. The second-order valence-electron chi connectivity index (χ2n) is 11.1. The topological polar surface area (TPSA) is 293 Å². The van der Waals surface area contributed by atoms with Gasteiger partial charge in [-0.3, -0.25) is 38.4 Å². The molecule has 4 atom stereocenters. The van der Waals surface area contributed by atoms with Gasteiger partial charge in [0.25, 0.3) is 11.8 Å². The van der Waals surface area contributed by atoms with Gasteiger partial charge >= 0.3 is 23.5 Å². The summed E-state index contributed by atoms with van der Waals surface area (Å²) in [6.07, 6.45) is -3.58. The molecule has 0 aliphatic rings. The van der Waals surface area contributed by atoms with Crippen molar-refractivity contribution in [2.75, 3.05) is 4.90 Å². The fraction of sp³-hybridized carbons (Fsp3) is 0.433. The molecule has 18 nitrogen and oxygen atoms in total. The van der Waals surface area contributed by atoms with Gasteiger partial charge in [-0.2, -0.15) is 0 Å². The number of carboxylic acid groups (broad SMARTS) is 3. The van der Waals surface area contributed by atoms with Gasteiger partial charge in [-0.1, -0.05) is 32.0 Å². The third-order valence-corrected chi connectivity index (χ3v) is 7.06. The van der Waals surface area contributed by atoms with E-state index in [0.29, 0.717) is 0 Å². The molecule has 1 aromatic heterocycles. The van der Waals surface area contributed by atoms with Gasteiger partial charge in [0.1, 0.15) is 29.4 Å². The van der Waals surface area contributed by atoms with Crippen molar-refractivity contribution in [2.45, 2.75) is 77.5 Å². The lowest BCUT2D eigenvalue weighted by Gasteiger charge is -2.30. The van der Waals surface area contributed by atoms with Crippen molar-refractivity contribution in [1.82, 2.24) is 16.0 Å². The van der Waals surface area contributed by atoms with Crippen LogP contribution in [0.3, 0.4) is 0 Å². The highest BCUT2D eigenvalue weighted by Gasteiger charge is 2.40. The molecule has 0 saturated carbocycles. The normalized spacial score (nSPS) is 13.5. The number of anilines is 1. The van der Waals surface area contributed by atoms with E-state index < -0.39 is 115 Å². The van der Waals surface area contributed by atoms with Crippen LogP contribution in [0.15, 0.2) is 33.5 Å². The summed E-state index contributed by atoms with van der Waals surface area (Å²) in [7, 11) is 0. The van der Waals surface area contributed by atoms with Gasteiger partial charge in [0.05, 0.1) is 18.9 Å². The number of carbonyl (C=O) groups excluding carboxylic acids is 5. The number of aliphatic carboxylic acids is 3. The number of nitrogens with one attached hydrogen (secondary N) is 3. The predicted molar refractivity (Wildman–Crippen MR) is 165 cm³/mol. The number of hydrogen-bond acceptors (Lipinski definition) is 11. The first-order valence-electron chi connectivity index (χ1n) is 14.5. The number of nitrogens with two attached hydrogens (primary N) is 1. The number of amides is 5. The van der Waals surface area contributed by atoms with Crippen molar-refractivity contribution in [3.8, 4) is 0 Å². The van der Waals surface area contributed by atoms with Crippen LogP contribution in [0.2, 0.25) is 0 Å². The van der Waals surface area contributed by atoms with Crippen molar-refractivity contribution in [3.05, 3.63) is 40.2 Å². The van der Waals surface area contributed by atoms with Crippen LogP contribution in [0.5, 0.6) is 0 Å². The fourth-order valence-corrected chi connectivity index (χ4v) is 4.57. The highest BCUT2D eigenvalue weighted by Crippen LogP contribution is 2.27. The van der Waals surface area contributed by atoms with Gasteiger partial charge in [0.15, 0.2) is 0 Å². The second kappa shape index (κ2) is 16.8. The number of carbonyl (C=O) groups is 8. The molecule has 0 aliphatic carbocycles. The molecule has 18 heteroatoms. The zero-order chi connectivity index (χ0) is 36.5.